The minimum Gasteiger partial charge on any atom is -0.478 e. The number of halogens is 3. The molecule has 0 bridgehead atoms. The van der Waals surface area contributed by atoms with E-state index in [1.165, 1.54) is 31.4 Å². The summed E-state index contributed by atoms with van der Waals surface area (Å²) in [5, 5.41) is 10.8. The molecule has 180 valence electrons. The molecule has 1 atom stereocenters. The highest BCUT2D eigenvalue weighted by molar-refractivity contribution is 5.90. The number of alkyl halides is 3. The van der Waals surface area contributed by atoms with Gasteiger partial charge in [0.15, 0.2) is 0 Å². The zero-order valence-corrected chi connectivity index (χ0v) is 19.1. The number of carboxylic acids is 1. The van der Waals surface area contributed by atoms with Crippen LogP contribution < -0.4 is 0 Å². The number of hydrogen-bond acceptors (Lipinski definition) is 1. The van der Waals surface area contributed by atoms with E-state index >= 15 is 0 Å². The lowest BCUT2D eigenvalue weighted by molar-refractivity contribution is -0.137. The molecule has 1 N–H and O–H groups in total. The van der Waals surface area contributed by atoms with Gasteiger partial charge in [-0.05, 0) is 71.8 Å². The minimum atomic E-state index is -4.36. The lowest BCUT2D eigenvalue weighted by atomic mass is 9.80. The summed E-state index contributed by atoms with van der Waals surface area (Å²) in [6.45, 7) is 0. The van der Waals surface area contributed by atoms with Gasteiger partial charge >= 0.3 is 12.1 Å². The van der Waals surface area contributed by atoms with Crippen LogP contribution in [0.25, 0.3) is 22.0 Å². The first-order valence-corrected chi connectivity index (χ1v) is 11.9. The van der Waals surface area contributed by atoms with Gasteiger partial charge in [-0.3, -0.25) is 0 Å². The summed E-state index contributed by atoms with van der Waals surface area (Å²) >= 11 is 0. The van der Waals surface area contributed by atoms with Crippen LogP contribution in [0.4, 0.5) is 13.2 Å². The van der Waals surface area contributed by atoms with E-state index in [4.69, 9.17) is 0 Å². The van der Waals surface area contributed by atoms with E-state index in [1.807, 2.05) is 42.6 Å². The van der Waals surface area contributed by atoms with Crippen LogP contribution in [0, 0.1) is 5.92 Å². The van der Waals surface area contributed by atoms with E-state index in [-0.39, 0.29) is 6.04 Å². The Hall–Kier alpha value is -3.54. The van der Waals surface area contributed by atoms with Crippen molar-refractivity contribution < 1.29 is 23.1 Å². The topological polar surface area (TPSA) is 42.2 Å². The van der Waals surface area contributed by atoms with Crippen molar-refractivity contribution in [2.24, 2.45) is 5.92 Å². The van der Waals surface area contributed by atoms with E-state index in [0.717, 1.165) is 47.0 Å². The molecule has 1 aromatic heterocycles. The molecule has 6 heteroatoms. The molecular weight excluding hydrogens is 451 g/mol. The first-order valence-electron chi connectivity index (χ1n) is 11.9. The van der Waals surface area contributed by atoms with Gasteiger partial charge in [-0.1, -0.05) is 55.7 Å². The molecule has 3 aromatic carbocycles. The quantitative estimate of drug-likeness (QED) is 0.292. The van der Waals surface area contributed by atoms with Gasteiger partial charge in [0.25, 0.3) is 0 Å². The van der Waals surface area contributed by atoms with Crippen molar-refractivity contribution in [3.63, 3.8) is 0 Å². The smallest absolute Gasteiger partial charge is 0.416 e. The minimum absolute atomic E-state index is 0.114. The summed E-state index contributed by atoms with van der Waals surface area (Å²) in [7, 11) is 0. The third-order valence-corrected chi connectivity index (χ3v) is 7.23. The van der Waals surface area contributed by atoms with Gasteiger partial charge in [-0.25, -0.2) is 4.79 Å². The summed E-state index contributed by atoms with van der Waals surface area (Å²) in [5.74, 6) is -0.238. The van der Waals surface area contributed by atoms with E-state index in [9.17, 15) is 23.1 Å². The standard InChI is InChI=1S/C29H26F3NO2/c30-29(31,32)23-12-9-20(10-13-23)21-11-15-26-22(18-21)16-17-33(26)27(14-8-19-4-3-5-19)24-6-1-2-7-25(24)28(34)35/h1-2,6-7,9-13,15-19,27H,3-5,8,14H2,(H,34,35). The Morgan fingerprint density at radius 1 is 0.971 bits per heavy atom. The Morgan fingerprint density at radius 3 is 2.34 bits per heavy atom. The molecule has 1 aliphatic rings. The van der Waals surface area contributed by atoms with Crippen LogP contribution in [0.3, 0.4) is 0 Å². The molecule has 1 fully saturated rings. The number of carboxylic acid groups (broad SMARTS) is 1. The first kappa shape index (κ1) is 23.2. The number of aromatic nitrogens is 1. The summed E-state index contributed by atoms with van der Waals surface area (Å²) in [6.07, 6.45) is 3.25. The van der Waals surface area contributed by atoms with E-state index in [2.05, 4.69) is 4.57 Å². The molecule has 0 aliphatic heterocycles. The lowest BCUT2D eigenvalue weighted by Gasteiger charge is -2.29. The first-order chi connectivity index (χ1) is 16.8. The van der Waals surface area contributed by atoms with Crippen molar-refractivity contribution in [2.75, 3.05) is 0 Å². The fraction of sp³-hybridized carbons (Fsp3) is 0.276. The van der Waals surface area contributed by atoms with Crippen LogP contribution in [0.5, 0.6) is 0 Å². The third kappa shape index (κ3) is 4.70. The van der Waals surface area contributed by atoms with Crippen LogP contribution in [0.15, 0.2) is 79.0 Å². The summed E-state index contributed by atoms with van der Waals surface area (Å²) in [6, 6.07) is 20.1. The highest BCUT2D eigenvalue weighted by Gasteiger charge is 2.30. The molecule has 0 amide bonds. The Balaban J connectivity index is 1.51. The van der Waals surface area contributed by atoms with Gasteiger partial charge in [-0.2, -0.15) is 13.2 Å². The Bertz CT molecular complexity index is 1350. The Kier molecular flexibility index (Phi) is 6.13. The van der Waals surface area contributed by atoms with Gasteiger partial charge < -0.3 is 9.67 Å². The molecule has 1 saturated carbocycles. The Labute approximate surface area is 201 Å². The molecular formula is C29H26F3NO2. The maximum absolute atomic E-state index is 12.9. The number of aromatic carboxylic acids is 1. The molecule has 1 unspecified atom stereocenters. The van der Waals surface area contributed by atoms with Gasteiger partial charge in [0.2, 0.25) is 0 Å². The molecule has 0 spiro atoms. The monoisotopic (exact) mass is 477 g/mol. The predicted molar refractivity (Wildman–Crippen MR) is 130 cm³/mol. The second-order valence-electron chi connectivity index (χ2n) is 9.35. The summed E-state index contributed by atoms with van der Waals surface area (Å²) in [5.41, 5.74) is 2.96. The molecule has 5 rings (SSSR count). The molecule has 0 radical (unpaired) electrons. The fourth-order valence-corrected chi connectivity index (χ4v) is 5.07. The van der Waals surface area contributed by atoms with Gasteiger partial charge in [0, 0.05) is 17.1 Å². The number of rotatable bonds is 7. The maximum atomic E-state index is 12.9. The number of benzene rings is 3. The Morgan fingerprint density at radius 2 is 1.69 bits per heavy atom. The molecule has 3 nitrogen and oxygen atoms in total. The van der Waals surface area contributed by atoms with Gasteiger partial charge in [-0.15, -0.1) is 0 Å². The van der Waals surface area contributed by atoms with Crippen LogP contribution in [0.2, 0.25) is 0 Å². The maximum Gasteiger partial charge on any atom is 0.416 e. The summed E-state index contributed by atoms with van der Waals surface area (Å²) < 4.78 is 40.9. The molecule has 35 heavy (non-hydrogen) atoms. The average Bonchev–Trinajstić information content (AvgIpc) is 3.23. The van der Waals surface area contributed by atoms with Crippen LogP contribution in [-0.4, -0.2) is 15.6 Å². The summed E-state index contributed by atoms with van der Waals surface area (Å²) in [4.78, 5) is 12.0. The van der Waals surface area contributed by atoms with Gasteiger partial charge in [0.05, 0.1) is 17.2 Å². The van der Waals surface area contributed by atoms with Crippen molar-refractivity contribution >= 4 is 16.9 Å². The second kappa shape index (κ2) is 9.25. The number of fused-ring (bicyclic) bond motifs is 1. The fourth-order valence-electron chi connectivity index (χ4n) is 5.07. The van der Waals surface area contributed by atoms with Crippen molar-refractivity contribution in [3.8, 4) is 11.1 Å². The lowest BCUT2D eigenvalue weighted by Crippen LogP contribution is -2.18. The molecule has 0 saturated heterocycles. The number of carbonyl (C=O) groups is 1. The highest BCUT2D eigenvalue weighted by atomic mass is 19.4. The third-order valence-electron chi connectivity index (χ3n) is 7.23. The zero-order valence-electron chi connectivity index (χ0n) is 19.1. The van der Waals surface area contributed by atoms with E-state index in [0.29, 0.717) is 17.0 Å². The average molecular weight is 478 g/mol. The molecule has 4 aromatic rings. The second-order valence-corrected chi connectivity index (χ2v) is 9.35. The predicted octanol–water partition coefficient (Wildman–Crippen LogP) is 8.20. The van der Waals surface area contributed by atoms with E-state index in [1.54, 1.807) is 12.1 Å². The van der Waals surface area contributed by atoms with Crippen LogP contribution in [0.1, 0.15) is 59.6 Å². The normalized spacial score (nSPS) is 15.2. The van der Waals surface area contributed by atoms with Crippen molar-refractivity contribution in [1.82, 2.24) is 4.57 Å². The number of hydrogen-bond donors (Lipinski definition) is 1. The molecule has 1 aliphatic carbocycles. The van der Waals surface area contributed by atoms with Crippen molar-refractivity contribution in [3.05, 3.63) is 95.7 Å². The van der Waals surface area contributed by atoms with Crippen LogP contribution >= 0.6 is 0 Å². The number of nitrogens with zero attached hydrogens (tertiary/aromatic N) is 1. The molecule has 1 heterocycles. The highest BCUT2D eigenvalue weighted by Crippen LogP contribution is 2.38. The van der Waals surface area contributed by atoms with Gasteiger partial charge in [0.1, 0.15) is 0 Å². The SMILES string of the molecule is O=C(O)c1ccccc1C(CCC1CCC1)n1ccc2cc(-c3ccc(C(F)(F)F)cc3)ccc21. The van der Waals surface area contributed by atoms with Crippen LogP contribution in [-0.2, 0) is 6.18 Å². The van der Waals surface area contributed by atoms with Crippen molar-refractivity contribution in [2.45, 2.75) is 44.3 Å². The van der Waals surface area contributed by atoms with E-state index < -0.39 is 17.7 Å². The van der Waals surface area contributed by atoms with Crippen molar-refractivity contribution in [1.29, 1.82) is 0 Å². The largest absolute Gasteiger partial charge is 0.478 e. The zero-order chi connectivity index (χ0) is 24.6.